The highest BCUT2D eigenvalue weighted by Crippen LogP contribution is 2.37. The molecular formula is C12H20O. The summed E-state index contributed by atoms with van der Waals surface area (Å²) in [5.41, 5.74) is 1.56. The summed E-state index contributed by atoms with van der Waals surface area (Å²) in [6.45, 7) is 2.36. The van der Waals surface area contributed by atoms with Crippen molar-refractivity contribution in [1.29, 1.82) is 0 Å². The second kappa shape index (κ2) is 3.83. The zero-order valence-electron chi connectivity index (χ0n) is 8.50. The maximum Gasteiger partial charge on any atom is 0.0726 e. The Bertz CT molecular complexity index is 199. The van der Waals surface area contributed by atoms with Crippen LogP contribution in [0.15, 0.2) is 11.6 Å². The molecule has 0 spiro atoms. The van der Waals surface area contributed by atoms with Crippen LogP contribution in [-0.2, 0) is 0 Å². The van der Waals surface area contributed by atoms with Gasteiger partial charge in [0.15, 0.2) is 0 Å². The van der Waals surface area contributed by atoms with Gasteiger partial charge in [-0.3, -0.25) is 0 Å². The van der Waals surface area contributed by atoms with Crippen LogP contribution in [0.3, 0.4) is 0 Å². The van der Waals surface area contributed by atoms with E-state index < -0.39 is 0 Å². The number of aliphatic hydroxyl groups excluding tert-OH is 1. The van der Waals surface area contributed by atoms with E-state index in [1.54, 1.807) is 5.57 Å². The van der Waals surface area contributed by atoms with E-state index in [0.717, 1.165) is 24.7 Å². The molecule has 0 saturated heterocycles. The first-order chi connectivity index (χ1) is 6.25. The molecular weight excluding hydrogens is 160 g/mol. The molecule has 1 fully saturated rings. The predicted octanol–water partition coefficient (Wildman–Crippen LogP) is 2.89. The number of rotatable bonds is 1. The Morgan fingerprint density at radius 1 is 1.15 bits per heavy atom. The second-order valence-corrected chi connectivity index (χ2v) is 4.80. The SMILES string of the molecule is CC1CCC(C2=CC(O)CC2)CC1. The van der Waals surface area contributed by atoms with Crippen molar-refractivity contribution in [3.05, 3.63) is 11.6 Å². The molecule has 13 heavy (non-hydrogen) atoms. The minimum atomic E-state index is -0.130. The van der Waals surface area contributed by atoms with Crippen LogP contribution >= 0.6 is 0 Å². The molecule has 74 valence electrons. The molecule has 0 aromatic carbocycles. The quantitative estimate of drug-likeness (QED) is 0.615. The molecule has 1 unspecified atom stereocenters. The highest BCUT2D eigenvalue weighted by Gasteiger charge is 2.24. The van der Waals surface area contributed by atoms with E-state index in [-0.39, 0.29) is 6.10 Å². The first-order valence-corrected chi connectivity index (χ1v) is 5.64. The molecule has 1 N–H and O–H groups in total. The molecule has 0 bridgehead atoms. The Hall–Kier alpha value is -0.300. The topological polar surface area (TPSA) is 20.2 Å². The first-order valence-electron chi connectivity index (χ1n) is 5.64. The van der Waals surface area contributed by atoms with Gasteiger partial charge in [0, 0.05) is 0 Å². The van der Waals surface area contributed by atoms with Gasteiger partial charge in [0.2, 0.25) is 0 Å². The standard InChI is InChI=1S/C12H20O/c1-9-2-4-10(5-3-9)11-6-7-12(13)8-11/h8-10,12-13H,2-7H2,1H3. The largest absolute Gasteiger partial charge is 0.389 e. The Kier molecular flexibility index (Phi) is 2.73. The average Bonchev–Trinajstić information content (AvgIpc) is 2.53. The lowest BCUT2D eigenvalue weighted by Gasteiger charge is -2.27. The average molecular weight is 180 g/mol. The molecule has 2 rings (SSSR count). The van der Waals surface area contributed by atoms with E-state index in [1.807, 2.05) is 0 Å². The summed E-state index contributed by atoms with van der Waals surface area (Å²) >= 11 is 0. The third-order valence-electron chi connectivity index (χ3n) is 3.68. The molecule has 0 aliphatic heterocycles. The van der Waals surface area contributed by atoms with Crippen molar-refractivity contribution in [2.24, 2.45) is 11.8 Å². The van der Waals surface area contributed by atoms with Crippen LogP contribution in [0, 0.1) is 11.8 Å². The fourth-order valence-corrected chi connectivity index (χ4v) is 2.70. The van der Waals surface area contributed by atoms with Crippen molar-refractivity contribution in [2.45, 2.75) is 51.6 Å². The molecule has 0 aromatic rings. The van der Waals surface area contributed by atoms with Crippen molar-refractivity contribution in [3.8, 4) is 0 Å². The lowest BCUT2D eigenvalue weighted by Crippen LogP contribution is -2.13. The van der Waals surface area contributed by atoms with Crippen molar-refractivity contribution in [2.75, 3.05) is 0 Å². The lowest BCUT2D eigenvalue weighted by molar-refractivity contribution is 0.223. The van der Waals surface area contributed by atoms with E-state index in [4.69, 9.17) is 0 Å². The summed E-state index contributed by atoms with van der Waals surface area (Å²) in [5.74, 6) is 1.75. The van der Waals surface area contributed by atoms with Crippen LogP contribution in [-0.4, -0.2) is 11.2 Å². The number of aliphatic hydroxyl groups is 1. The molecule has 1 nitrogen and oxygen atoms in total. The zero-order valence-corrected chi connectivity index (χ0v) is 8.50. The summed E-state index contributed by atoms with van der Waals surface area (Å²) in [7, 11) is 0. The first kappa shape index (κ1) is 9.26. The van der Waals surface area contributed by atoms with Crippen molar-refractivity contribution < 1.29 is 5.11 Å². The highest BCUT2D eigenvalue weighted by molar-refractivity contribution is 5.15. The molecule has 1 saturated carbocycles. The number of hydrogen-bond acceptors (Lipinski definition) is 1. The third kappa shape index (κ3) is 2.14. The molecule has 1 atom stereocenters. The Morgan fingerprint density at radius 2 is 1.85 bits per heavy atom. The fourth-order valence-electron chi connectivity index (χ4n) is 2.70. The van der Waals surface area contributed by atoms with Gasteiger partial charge in [0.1, 0.15) is 0 Å². The summed E-state index contributed by atoms with van der Waals surface area (Å²) < 4.78 is 0. The molecule has 0 aromatic heterocycles. The van der Waals surface area contributed by atoms with Crippen LogP contribution in [0.5, 0.6) is 0 Å². The van der Waals surface area contributed by atoms with Crippen molar-refractivity contribution in [3.63, 3.8) is 0 Å². The normalized spacial score (nSPS) is 40.5. The Morgan fingerprint density at radius 3 is 2.38 bits per heavy atom. The van der Waals surface area contributed by atoms with Gasteiger partial charge in [-0.15, -0.1) is 0 Å². The molecule has 2 aliphatic rings. The van der Waals surface area contributed by atoms with E-state index in [1.165, 1.54) is 25.7 Å². The highest BCUT2D eigenvalue weighted by atomic mass is 16.3. The van der Waals surface area contributed by atoms with Crippen molar-refractivity contribution >= 4 is 0 Å². The van der Waals surface area contributed by atoms with Gasteiger partial charge < -0.3 is 5.11 Å². The van der Waals surface area contributed by atoms with E-state index in [9.17, 15) is 5.11 Å². The maximum atomic E-state index is 9.41. The van der Waals surface area contributed by atoms with Crippen LogP contribution in [0.25, 0.3) is 0 Å². The Balaban J connectivity index is 1.91. The van der Waals surface area contributed by atoms with E-state index in [2.05, 4.69) is 13.0 Å². The summed E-state index contributed by atoms with van der Waals surface area (Å²) in [6.07, 6.45) is 9.60. The second-order valence-electron chi connectivity index (χ2n) is 4.80. The summed E-state index contributed by atoms with van der Waals surface area (Å²) in [4.78, 5) is 0. The lowest BCUT2D eigenvalue weighted by atomic mass is 9.79. The van der Waals surface area contributed by atoms with Gasteiger partial charge >= 0.3 is 0 Å². The van der Waals surface area contributed by atoms with E-state index >= 15 is 0 Å². The number of allylic oxidation sites excluding steroid dienone is 1. The fraction of sp³-hybridized carbons (Fsp3) is 0.833. The molecule has 0 heterocycles. The minimum absolute atomic E-state index is 0.130. The van der Waals surface area contributed by atoms with Gasteiger partial charge in [-0.05, 0) is 37.5 Å². The predicted molar refractivity (Wildman–Crippen MR) is 54.4 cm³/mol. The van der Waals surface area contributed by atoms with E-state index in [0.29, 0.717) is 0 Å². The number of hydrogen-bond donors (Lipinski definition) is 1. The maximum absolute atomic E-state index is 9.41. The smallest absolute Gasteiger partial charge is 0.0726 e. The zero-order chi connectivity index (χ0) is 9.26. The molecule has 1 heteroatoms. The van der Waals surface area contributed by atoms with Crippen LogP contribution < -0.4 is 0 Å². The van der Waals surface area contributed by atoms with Crippen LogP contribution in [0.4, 0.5) is 0 Å². The minimum Gasteiger partial charge on any atom is -0.389 e. The summed E-state index contributed by atoms with van der Waals surface area (Å²) in [6, 6.07) is 0. The van der Waals surface area contributed by atoms with Gasteiger partial charge in [0.05, 0.1) is 6.10 Å². The monoisotopic (exact) mass is 180 g/mol. The van der Waals surface area contributed by atoms with Gasteiger partial charge in [0.25, 0.3) is 0 Å². The molecule has 0 amide bonds. The van der Waals surface area contributed by atoms with Crippen LogP contribution in [0.2, 0.25) is 0 Å². The molecule has 0 radical (unpaired) electrons. The van der Waals surface area contributed by atoms with Gasteiger partial charge in [-0.25, -0.2) is 0 Å². The van der Waals surface area contributed by atoms with Gasteiger partial charge in [-0.1, -0.05) is 31.4 Å². The molecule has 2 aliphatic carbocycles. The third-order valence-corrected chi connectivity index (χ3v) is 3.68. The van der Waals surface area contributed by atoms with Crippen LogP contribution in [0.1, 0.15) is 45.4 Å². The summed E-state index contributed by atoms with van der Waals surface area (Å²) in [5, 5.41) is 9.41. The van der Waals surface area contributed by atoms with Gasteiger partial charge in [-0.2, -0.15) is 0 Å². The Labute approximate surface area is 80.8 Å². The van der Waals surface area contributed by atoms with Crippen molar-refractivity contribution in [1.82, 2.24) is 0 Å².